The van der Waals surface area contributed by atoms with Crippen molar-refractivity contribution >= 4 is 7.60 Å². The second kappa shape index (κ2) is 6.69. The van der Waals surface area contributed by atoms with Gasteiger partial charge in [-0.1, -0.05) is 6.92 Å². The Kier molecular flexibility index (Phi) is 6.70. The van der Waals surface area contributed by atoms with Gasteiger partial charge < -0.3 is 19.6 Å². The van der Waals surface area contributed by atoms with Crippen LogP contribution in [0.2, 0.25) is 0 Å². The van der Waals surface area contributed by atoms with Crippen molar-refractivity contribution in [3.05, 3.63) is 0 Å². The summed E-state index contributed by atoms with van der Waals surface area (Å²) in [5.74, 6) is 0. The third-order valence-corrected chi connectivity index (χ3v) is 3.59. The lowest BCUT2D eigenvalue weighted by Crippen LogP contribution is -2.41. The maximum atomic E-state index is 11.7. The molecule has 4 atom stereocenters. The zero-order valence-electron chi connectivity index (χ0n) is 10.2. The summed E-state index contributed by atoms with van der Waals surface area (Å²) in [6.45, 7) is 6.36. The van der Waals surface area contributed by atoms with Crippen LogP contribution >= 0.6 is 7.60 Å². The van der Waals surface area contributed by atoms with Crippen LogP contribution in [-0.2, 0) is 9.09 Å². The van der Waals surface area contributed by atoms with Crippen LogP contribution in [0.1, 0.15) is 34.1 Å². The fourth-order valence-electron chi connectivity index (χ4n) is 1.14. The van der Waals surface area contributed by atoms with Gasteiger partial charge >= 0.3 is 7.60 Å². The van der Waals surface area contributed by atoms with E-state index in [0.717, 1.165) is 4.90 Å². The minimum absolute atomic E-state index is 0.333. The molecule has 0 aromatic heterocycles. The standard InChI is InChI=1S/C9H22NO5P/c1-5-7(2)15-16(13,14)6-10(8(3)11)9(4)12/h7-9,11-12H,5-6H2,1-4H3,(H,13,14). The SMILES string of the molecule is CCC(C)OP(=O)(O)CN(C(C)O)C(C)O. The van der Waals surface area contributed by atoms with Gasteiger partial charge in [-0.05, 0) is 27.2 Å². The lowest BCUT2D eigenvalue weighted by atomic mass is 10.3. The fourth-order valence-corrected chi connectivity index (χ4v) is 2.81. The molecule has 0 saturated heterocycles. The molecule has 0 amide bonds. The Morgan fingerprint density at radius 1 is 1.25 bits per heavy atom. The summed E-state index contributed by atoms with van der Waals surface area (Å²) in [4.78, 5) is 10.6. The summed E-state index contributed by atoms with van der Waals surface area (Å²) in [6, 6.07) is 0. The third-order valence-electron chi connectivity index (χ3n) is 2.22. The zero-order valence-corrected chi connectivity index (χ0v) is 11.1. The van der Waals surface area contributed by atoms with E-state index >= 15 is 0 Å². The van der Waals surface area contributed by atoms with Crippen molar-refractivity contribution in [3.8, 4) is 0 Å². The summed E-state index contributed by atoms with van der Waals surface area (Å²) in [5, 5.41) is 18.6. The summed E-state index contributed by atoms with van der Waals surface area (Å²) < 4.78 is 16.6. The Labute approximate surface area is 96.4 Å². The normalized spacial score (nSPS) is 21.5. The van der Waals surface area contributed by atoms with Gasteiger partial charge in [0.2, 0.25) is 0 Å². The average Bonchev–Trinajstić information content (AvgIpc) is 2.12. The Morgan fingerprint density at radius 3 is 2.00 bits per heavy atom. The number of aliphatic hydroxyl groups excluding tert-OH is 2. The van der Waals surface area contributed by atoms with Gasteiger partial charge in [-0.25, -0.2) is 4.90 Å². The highest BCUT2D eigenvalue weighted by Gasteiger charge is 2.29. The van der Waals surface area contributed by atoms with Crippen molar-refractivity contribution in [2.75, 3.05) is 6.29 Å². The van der Waals surface area contributed by atoms with E-state index in [-0.39, 0.29) is 6.10 Å². The van der Waals surface area contributed by atoms with Crippen molar-refractivity contribution in [2.45, 2.75) is 52.7 Å². The minimum atomic E-state index is -3.82. The van der Waals surface area contributed by atoms with Crippen molar-refractivity contribution in [1.29, 1.82) is 0 Å². The monoisotopic (exact) mass is 255 g/mol. The Bertz CT molecular complexity index is 238. The van der Waals surface area contributed by atoms with E-state index in [2.05, 4.69) is 0 Å². The predicted molar refractivity (Wildman–Crippen MR) is 60.7 cm³/mol. The minimum Gasteiger partial charge on any atom is -0.379 e. The highest BCUT2D eigenvalue weighted by atomic mass is 31.2. The highest BCUT2D eigenvalue weighted by molar-refractivity contribution is 7.52. The summed E-state index contributed by atoms with van der Waals surface area (Å²) >= 11 is 0. The number of aliphatic hydroxyl groups is 2. The van der Waals surface area contributed by atoms with E-state index in [9.17, 15) is 19.7 Å². The Hall–Kier alpha value is 0.0300. The molecule has 0 saturated carbocycles. The van der Waals surface area contributed by atoms with Crippen LogP contribution in [0.25, 0.3) is 0 Å². The molecule has 0 spiro atoms. The molecule has 3 N–H and O–H groups in total. The van der Waals surface area contributed by atoms with E-state index in [0.29, 0.717) is 6.42 Å². The smallest absolute Gasteiger partial charge is 0.342 e. The van der Waals surface area contributed by atoms with Crippen molar-refractivity contribution in [3.63, 3.8) is 0 Å². The number of rotatable bonds is 7. The van der Waals surface area contributed by atoms with E-state index in [4.69, 9.17) is 4.52 Å². The van der Waals surface area contributed by atoms with E-state index in [1.165, 1.54) is 13.8 Å². The molecule has 0 radical (unpaired) electrons. The lowest BCUT2D eigenvalue weighted by molar-refractivity contribution is -0.0761. The van der Waals surface area contributed by atoms with Crippen LogP contribution in [0.3, 0.4) is 0 Å². The van der Waals surface area contributed by atoms with Gasteiger partial charge in [0, 0.05) is 0 Å². The molecule has 0 aliphatic heterocycles. The van der Waals surface area contributed by atoms with Crippen LogP contribution < -0.4 is 0 Å². The van der Waals surface area contributed by atoms with E-state index in [1.54, 1.807) is 6.92 Å². The molecule has 0 aromatic carbocycles. The van der Waals surface area contributed by atoms with Crippen molar-refractivity contribution in [2.24, 2.45) is 0 Å². The topological polar surface area (TPSA) is 90.2 Å². The molecule has 6 nitrogen and oxygen atoms in total. The average molecular weight is 255 g/mol. The predicted octanol–water partition coefficient (Wildman–Crippen LogP) is 0.923. The zero-order chi connectivity index (χ0) is 12.9. The molecular formula is C9H22NO5P. The summed E-state index contributed by atoms with van der Waals surface area (Å²) in [5.41, 5.74) is 0. The molecule has 0 rings (SSSR count). The molecule has 0 fully saturated rings. The molecule has 0 bridgehead atoms. The third kappa shape index (κ3) is 5.94. The van der Waals surface area contributed by atoms with E-state index in [1.807, 2.05) is 6.92 Å². The van der Waals surface area contributed by atoms with Gasteiger partial charge in [0.1, 0.15) is 18.7 Å². The van der Waals surface area contributed by atoms with Gasteiger partial charge in [-0.3, -0.25) is 4.57 Å². The summed E-state index contributed by atoms with van der Waals surface area (Å²) in [7, 11) is -3.82. The van der Waals surface area contributed by atoms with Gasteiger partial charge in [0.05, 0.1) is 6.10 Å². The van der Waals surface area contributed by atoms with Crippen molar-refractivity contribution in [1.82, 2.24) is 4.90 Å². The molecule has 16 heavy (non-hydrogen) atoms. The van der Waals surface area contributed by atoms with Crippen LogP contribution in [0.5, 0.6) is 0 Å². The van der Waals surface area contributed by atoms with Gasteiger partial charge in [-0.2, -0.15) is 0 Å². The molecule has 98 valence electrons. The molecule has 0 heterocycles. The highest BCUT2D eigenvalue weighted by Crippen LogP contribution is 2.44. The van der Waals surface area contributed by atoms with Gasteiger partial charge in [0.25, 0.3) is 0 Å². The number of hydrogen-bond acceptors (Lipinski definition) is 5. The molecular weight excluding hydrogens is 233 g/mol. The number of nitrogens with zero attached hydrogens (tertiary/aromatic N) is 1. The first-order valence-electron chi connectivity index (χ1n) is 5.31. The quantitative estimate of drug-likeness (QED) is 0.463. The van der Waals surface area contributed by atoms with Crippen LogP contribution in [0.4, 0.5) is 0 Å². The second-order valence-electron chi connectivity index (χ2n) is 3.88. The Morgan fingerprint density at radius 2 is 1.69 bits per heavy atom. The number of hydrogen-bond donors (Lipinski definition) is 3. The van der Waals surface area contributed by atoms with Crippen LogP contribution in [-0.4, -0.2) is 44.9 Å². The van der Waals surface area contributed by atoms with Gasteiger partial charge in [-0.15, -0.1) is 0 Å². The molecule has 0 aliphatic carbocycles. The summed E-state index contributed by atoms with van der Waals surface area (Å²) in [6.07, 6.45) is -2.14. The lowest BCUT2D eigenvalue weighted by Gasteiger charge is -2.30. The molecule has 0 aliphatic rings. The molecule has 0 aromatic rings. The fraction of sp³-hybridized carbons (Fsp3) is 1.00. The Balaban J connectivity index is 4.48. The van der Waals surface area contributed by atoms with E-state index < -0.39 is 26.3 Å². The first kappa shape index (κ1) is 16.0. The van der Waals surface area contributed by atoms with Crippen LogP contribution in [0.15, 0.2) is 0 Å². The maximum Gasteiger partial charge on any atom is 0.342 e. The second-order valence-corrected chi connectivity index (χ2v) is 5.65. The van der Waals surface area contributed by atoms with Gasteiger partial charge in [0.15, 0.2) is 0 Å². The maximum absolute atomic E-state index is 11.7. The molecule has 7 heteroatoms. The first-order valence-corrected chi connectivity index (χ1v) is 7.08. The van der Waals surface area contributed by atoms with Crippen LogP contribution in [0, 0.1) is 0 Å². The molecule has 4 unspecified atom stereocenters. The largest absolute Gasteiger partial charge is 0.379 e. The first-order chi connectivity index (χ1) is 7.19. The van der Waals surface area contributed by atoms with Crippen molar-refractivity contribution < 1.29 is 24.2 Å².